The van der Waals surface area contributed by atoms with Gasteiger partial charge in [0.05, 0.1) is 4.90 Å². The molecule has 0 fully saturated rings. The summed E-state index contributed by atoms with van der Waals surface area (Å²) in [6.45, 7) is 11.4. The number of carbonyl (C=O) groups is 1. The topological polar surface area (TPSA) is 66.5 Å². The summed E-state index contributed by atoms with van der Waals surface area (Å²) < 4.78 is 27.2. The number of sulfonamides is 1. The number of rotatable bonds is 10. The number of nitrogens with one attached hydrogen (secondary N) is 1. The van der Waals surface area contributed by atoms with Crippen LogP contribution >= 0.6 is 0 Å². The van der Waals surface area contributed by atoms with Gasteiger partial charge < -0.3 is 4.90 Å². The van der Waals surface area contributed by atoms with Crippen LogP contribution in [0.25, 0.3) is 0 Å². The van der Waals surface area contributed by atoms with Gasteiger partial charge in [-0.1, -0.05) is 33.6 Å². The summed E-state index contributed by atoms with van der Waals surface area (Å²) in [4.78, 5) is 14.7. The molecule has 0 saturated carbocycles. The SMILES string of the molecule is CCC(CC)CN(CC)C(=O)c1ccc(S(=O)(=O)NC(C)CC)cc1. The van der Waals surface area contributed by atoms with Crippen LogP contribution in [0, 0.1) is 5.92 Å². The first-order valence-electron chi connectivity index (χ1n) is 9.20. The standard InChI is InChI=1S/C19H32N2O3S/c1-6-15(5)20-25(23,24)18-12-10-17(11-13-18)19(22)21(9-4)14-16(7-2)8-3/h10-13,15-16,20H,6-9,14H2,1-5H3. The molecular weight excluding hydrogens is 336 g/mol. The van der Waals surface area contributed by atoms with Gasteiger partial charge >= 0.3 is 0 Å². The number of hydrogen-bond acceptors (Lipinski definition) is 3. The largest absolute Gasteiger partial charge is 0.339 e. The van der Waals surface area contributed by atoms with E-state index in [0.29, 0.717) is 18.0 Å². The van der Waals surface area contributed by atoms with Gasteiger partial charge in [0, 0.05) is 24.7 Å². The zero-order valence-electron chi connectivity index (χ0n) is 16.1. The van der Waals surface area contributed by atoms with Gasteiger partial charge in [0.1, 0.15) is 0 Å². The predicted octanol–water partition coefficient (Wildman–Crippen LogP) is 3.66. The van der Waals surface area contributed by atoms with Crippen molar-refractivity contribution in [3.63, 3.8) is 0 Å². The summed E-state index contributed by atoms with van der Waals surface area (Å²) in [6.07, 6.45) is 2.80. The average Bonchev–Trinajstić information content (AvgIpc) is 2.62. The molecular formula is C19H32N2O3S. The smallest absolute Gasteiger partial charge is 0.253 e. The summed E-state index contributed by atoms with van der Waals surface area (Å²) in [5.74, 6) is 0.441. The summed E-state index contributed by atoms with van der Waals surface area (Å²) in [5, 5.41) is 0. The second-order valence-corrected chi connectivity index (χ2v) is 8.20. The van der Waals surface area contributed by atoms with Gasteiger partial charge in [0.2, 0.25) is 10.0 Å². The molecule has 1 amide bonds. The molecule has 6 heteroatoms. The van der Waals surface area contributed by atoms with Gasteiger partial charge in [-0.2, -0.15) is 0 Å². The van der Waals surface area contributed by atoms with Crippen molar-refractivity contribution < 1.29 is 13.2 Å². The maximum Gasteiger partial charge on any atom is 0.253 e. The highest BCUT2D eigenvalue weighted by atomic mass is 32.2. The number of nitrogens with zero attached hydrogens (tertiary/aromatic N) is 1. The van der Waals surface area contributed by atoms with Crippen molar-refractivity contribution in [2.24, 2.45) is 5.92 Å². The van der Waals surface area contributed by atoms with E-state index in [9.17, 15) is 13.2 Å². The van der Waals surface area contributed by atoms with Crippen molar-refractivity contribution in [3.05, 3.63) is 29.8 Å². The van der Waals surface area contributed by atoms with Crippen LogP contribution in [0.4, 0.5) is 0 Å². The molecule has 1 N–H and O–H groups in total. The third kappa shape index (κ3) is 6.12. The Morgan fingerprint density at radius 1 is 1.04 bits per heavy atom. The normalized spacial score (nSPS) is 13.0. The van der Waals surface area contributed by atoms with Crippen LogP contribution in [0.2, 0.25) is 0 Å². The predicted molar refractivity (Wildman–Crippen MR) is 102 cm³/mol. The maximum atomic E-state index is 12.7. The van der Waals surface area contributed by atoms with Crippen LogP contribution in [-0.2, 0) is 10.0 Å². The first-order chi connectivity index (χ1) is 11.8. The molecule has 1 aromatic rings. The molecule has 142 valence electrons. The zero-order valence-corrected chi connectivity index (χ0v) is 16.9. The molecule has 0 aliphatic heterocycles. The molecule has 0 aliphatic rings. The van der Waals surface area contributed by atoms with Crippen LogP contribution in [0.5, 0.6) is 0 Å². The second-order valence-electron chi connectivity index (χ2n) is 6.48. The fourth-order valence-electron chi connectivity index (χ4n) is 2.59. The van der Waals surface area contributed by atoms with Crippen molar-refractivity contribution in [1.29, 1.82) is 0 Å². The first-order valence-corrected chi connectivity index (χ1v) is 10.7. The van der Waals surface area contributed by atoms with Crippen LogP contribution in [-0.4, -0.2) is 38.4 Å². The van der Waals surface area contributed by atoms with Crippen molar-refractivity contribution in [3.8, 4) is 0 Å². The van der Waals surface area contributed by atoms with Gasteiger partial charge in [-0.3, -0.25) is 4.79 Å². The third-order valence-corrected chi connectivity index (χ3v) is 6.29. The molecule has 0 aromatic heterocycles. The van der Waals surface area contributed by atoms with E-state index in [2.05, 4.69) is 18.6 Å². The van der Waals surface area contributed by atoms with Crippen molar-refractivity contribution in [2.75, 3.05) is 13.1 Å². The molecule has 1 unspecified atom stereocenters. The summed E-state index contributed by atoms with van der Waals surface area (Å²) in [5.41, 5.74) is 0.523. The van der Waals surface area contributed by atoms with Gasteiger partial charge in [-0.25, -0.2) is 13.1 Å². The lowest BCUT2D eigenvalue weighted by Gasteiger charge is -2.25. The average molecular weight is 369 g/mol. The lowest BCUT2D eigenvalue weighted by atomic mass is 10.0. The molecule has 0 saturated heterocycles. The Hall–Kier alpha value is -1.40. The number of carbonyl (C=O) groups excluding carboxylic acids is 1. The van der Waals surface area contributed by atoms with E-state index in [1.54, 1.807) is 12.1 Å². The first kappa shape index (κ1) is 21.6. The number of hydrogen-bond donors (Lipinski definition) is 1. The van der Waals surface area contributed by atoms with Crippen LogP contribution < -0.4 is 4.72 Å². The zero-order chi connectivity index (χ0) is 19.0. The van der Waals surface area contributed by atoms with Gasteiger partial charge in [-0.05, 0) is 50.5 Å². The van der Waals surface area contributed by atoms with Gasteiger partial charge in [-0.15, -0.1) is 0 Å². The Morgan fingerprint density at radius 2 is 1.60 bits per heavy atom. The molecule has 0 spiro atoms. The Labute approximate surface area is 152 Å². The molecule has 0 aliphatic carbocycles. The van der Waals surface area contributed by atoms with Crippen molar-refractivity contribution >= 4 is 15.9 Å². The van der Waals surface area contributed by atoms with E-state index in [-0.39, 0.29) is 16.8 Å². The quantitative estimate of drug-likeness (QED) is 0.685. The van der Waals surface area contributed by atoms with Gasteiger partial charge in [0.15, 0.2) is 0 Å². The summed E-state index contributed by atoms with van der Waals surface area (Å²) >= 11 is 0. The monoisotopic (exact) mass is 368 g/mol. The lowest BCUT2D eigenvalue weighted by Crippen LogP contribution is -2.35. The fraction of sp³-hybridized carbons (Fsp3) is 0.632. The van der Waals surface area contributed by atoms with E-state index < -0.39 is 10.0 Å². The number of amides is 1. The Morgan fingerprint density at radius 3 is 2.04 bits per heavy atom. The number of benzene rings is 1. The van der Waals surface area contributed by atoms with Gasteiger partial charge in [0.25, 0.3) is 5.91 Å². The van der Waals surface area contributed by atoms with E-state index in [4.69, 9.17) is 0 Å². The van der Waals surface area contributed by atoms with E-state index in [0.717, 1.165) is 25.8 Å². The van der Waals surface area contributed by atoms with Crippen LogP contribution in [0.15, 0.2) is 29.2 Å². The Balaban J connectivity index is 2.92. The molecule has 0 bridgehead atoms. The lowest BCUT2D eigenvalue weighted by molar-refractivity contribution is 0.0735. The summed E-state index contributed by atoms with van der Waals surface area (Å²) in [7, 11) is -3.54. The van der Waals surface area contributed by atoms with Crippen molar-refractivity contribution in [2.45, 2.75) is 64.8 Å². The Kier molecular flexibility index (Phi) is 8.59. The van der Waals surface area contributed by atoms with E-state index >= 15 is 0 Å². The minimum Gasteiger partial charge on any atom is -0.339 e. The molecule has 1 rings (SSSR count). The highest BCUT2D eigenvalue weighted by Crippen LogP contribution is 2.16. The molecule has 5 nitrogen and oxygen atoms in total. The molecule has 1 aromatic carbocycles. The minimum atomic E-state index is -3.54. The second kappa shape index (κ2) is 9.92. The molecule has 0 heterocycles. The summed E-state index contributed by atoms with van der Waals surface area (Å²) in [6, 6.07) is 6.08. The fourth-order valence-corrected chi connectivity index (χ4v) is 3.92. The van der Waals surface area contributed by atoms with E-state index in [1.807, 2.05) is 25.7 Å². The molecule has 25 heavy (non-hydrogen) atoms. The van der Waals surface area contributed by atoms with Crippen LogP contribution in [0.1, 0.15) is 64.2 Å². The van der Waals surface area contributed by atoms with Crippen LogP contribution in [0.3, 0.4) is 0 Å². The van der Waals surface area contributed by atoms with Crippen molar-refractivity contribution in [1.82, 2.24) is 9.62 Å². The third-order valence-electron chi connectivity index (χ3n) is 4.68. The van der Waals surface area contributed by atoms with E-state index in [1.165, 1.54) is 12.1 Å². The highest BCUT2D eigenvalue weighted by Gasteiger charge is 2.20. The maximum absolute atomic E-state index is 12.7. The molecule has 0 radical (unpaired) electrons. The minimum absolute atomic E-state index is 0.0479. The Bertz CT molecular complexity index is 637. The highest BCUT2D eigenvalue weighted by molar-refractivity contribution is 7.89. The molecule has 1 atom stereocenters.